The molecule has 8 nitrogen and oxygen atoms in total. The van der Waals surface area contributed by atoms with Crippen molar-refractivity contribution in [2.45, 2.75) is 46.2 Å². The number of piperidine rings is 1. The molecule has 1 amide bonds. The van der Waals surface area contributed by atoms with Crippen molar-refractivity contribution < 1.29 is 14.3 Å². The topological polar surface area (TPSA) is 90.6 Å². The highest BCUT2D eigenvalue weighted by atomic mass is 16.5. The number of para-hydroxylation sites is 1. The van der Waals surface area contributed by atoms with Crippen molar-refractivity contribution in [2.24, 2.45) is 5.92 Å². The third kappa shape index (κ3) is 4.26. The summed E-state index contributed by atoms with van der Waals surface area (Å²) in [5.74, 6) is -0.868. The Labute approximate surface area is 168 Å². The fraction of sp³-hybridized carbons (Fsp3) is 0.524. The maximum atomic E-state index is 13.0. The normalized spacial score (nSPS) is 16.8. The van der Waals surface area contributed by atoms with Gasteiger partial charge in [-0.3, -0.25) is 23.5 Å². The number of esters is 1. The Morgan fingerprint density at radius 3 is 2.62 bits per heavy atom. The minimum atomic E-state index is -0.483. The molecular weight excluding hydrogens is 374 g/mol. The number of rotatable bonds is 6. The summed E-state index contributed by atoms with van der Waals surface area (Å²) in [4.78, 5) is 52.2. The Balaban J connectivity index is 1.91. The van der Waals surface area contributed by atoms with E-state index < -0.39 is 5.69 Å². The summed E-state index contributed by atoms with van der Waals surface area (Å²) < 4.78 is 7.64. The lowest BCUT2D eigenvalue weighted by atomic mass is 9.98. The van der Waals surface area contributed by atoms with Crippen LogP contribution in [0.3, 0.4) is 0 Å². The van der Waals surface area contributed by atoms with E-state index in [-0.39, 0.29) is 29.9 Å². The molecule has 0 unspecified atom stereocenters. The van der Waals surface area contributed by atoms with Gasteiger partial charge in [0.1, 0.15) is 6.54 Å². The van der Waals surface area contributed by atoms with E-state index in [1.807, 2.05) is 6.92 Å². The molecule has 2 heterocycles. The number of likely N-dealkylation sites (tertiary alicyclic amines) is 1. The molecule has 0 bridgehead atoms. The number of hydrogen-bond acceptors (Lipinski definition) is 5. The van der Waals surface area contributed by atoms with Gasteiger partial charge in [0.25, 0.3) is 5.56 Å². The van der Waals surface area contributed by atoms with Gasteiger partial charge >= 0.3 is 11.7 Å². The molecular formula is C21H27N3O5. The minimum Gasteiger partial charge on any atom is -0.466 e. The molecule has 1 aliphatic rings. The Morgan fingerprint density at radius 1 is 1.14 bits per heavy atom. The monoisotopic (exact) mass is 401 g/mol. The number of aromatic nitrogens is 2. The smallest absolute Gasteiger partial charge is 0.331 e. The summed E-state index contributed by atoms with van der Waals surface area (Å²) in [6.45, 7) is 4.91. The van der Waals surface area contributed by atoms with E-state index in [0.717, 1.165) is 0 Å². The molecule has 8 heteroatoms. The summed E-state index contributed by atoms with van der Waals surface area (Å²) in [6, 6.07) is 6.83. The van der Waals surface area contributed by atoms with E-state index in [0.29, 0.717) is 56.4 Å². The highest BCUT2D eigenvalue weighted by Gasteiger charge is 2.29. The summed E-state index contributed by atoms with van der Waals surface area (Å²) in [7, 11) is 0. The molecule has 1 aromatic heterocycles. The second-order valence-electron chi connectivity index (χ2n) is 7.27. The number of carbonyl (C=O) groups excluding carboxylic acids is 2. The first kappa shape index (κ1) is 20.8. The average molecular weight is 401 g/mol. The molecule has 0 aliphatic carbocycles. The molecule has 1 atom stereocenters. The number of benzene rings is 1. The van der Waals surface area contributed by atoms with Gasteiger partial charge in [0.05, 0.1) is 23.4 Å². The van der Waals surface area contributed by atoms with Crippen LogP contribution in [0.2, 0.25) is 0 Å². The highest BCUT2D eigenvalue weighted by molar-refractivity contribution is 5.82. The molecule has 29 heavy (non-hydrogen) atoms. The van der Waals surface area contributed by atoms with Crippen LogP contribution in [0.5, 0.6) is 0 Å². The second-order valence-corrected chi connectivity index (χ2v) is 7.27. The molecule has 1 aromatic carbocycles. The predicted molar refractivity (Wildman–Crippen MR) is 109 cm³/mol. The molecule has 0 radical (unpaired) electrons. The number of ether oxygens (including phenoxy) is 1. The third-order valence-electron chi connectivity index (χ3n) is 5.27. The molecule has 0 spiro atoms. The van der Waals surface area contributed by atoms with E-state index in [2.05, 4.69) is 0 Å². The average Bonchev–Trinajstić information content (AvgIpc) is 2.74. The summed E-state index contributed by atoms with van der Waals surface area (Å²) >= 11 is 0. The van der Waals surface area contributed by atoms with Crippen LogP contribution in [0.4, 0.5) is 0 Å². The van der Waals surface area contributed by atoms with Gasteiger partial charge in [0.2, 0.25) is 5.91 Å². The van der Waals surface area contributed by atoms with Gasteiger partial charge in [-0.1, -0.05) is 19.1 Å². The Morgan fingerprint density at radius 2 is 1.90 bits per heavy atom. The van der Waals surface area contributed by atoms with Crippen LogP contribution >= 0.6 is 0 Å². The van der Waals surface area contributed by atoms with Gasteiger partial charge in [0, 0.05) is 19.6 Å². The number of carbonyl (C=O) groups is 2. The van der Waals surface area contributed by atoms with E-state index >= 15 is 0 Å². The molecule has 156 valence electrons. The first-order chi connectivity index (χ1) is 14.0. The van der Waals surface area contributed by atoms with Crippen molar-refractivity contribution in [2.75, 3.05) is 19.7 Å². The quantitative estimate of drug-likeness (QED) is 0.682. The largest absolute Gasteiger partial charge is 0.466 e. The SMILES string of the molecule is CCCn1c(=O)c2ccccc2n(CC(=O)N2CCC[C@@H](C(=O)OCC)C2)c1=O. The van der Waals surface area contributed by atoms with Crippen molar-refractivity contribution in [1.82, 2.24) is 14.0 Å². The van der Waals surface area contributed by atoms with Gasteiger partial charge in [-0.15, -0.1) is 0 Å². The zero-order chi connectivity index (χ0) is 21.0. The van der Waals surface area contributed by atoms with Crippen LogP contribution in [0.1, 0.15) is 33.1 Å². The van der Waals surface area contributed by atoms with E-state index in [1.54, 1.807) is 36.1 Å². The molecule has 1 aliphatic heterocycles. The maximum absolute atomic E-state index is 13.0. The highest BCUT2D eigenvalue weighted by Crippen LogP contribution is 2.18. The van der Waals surface area contributed by atoms with Crippen molar-refractivity contribution in [3.8, 4) is 0 Å². The van der Waals surface area contributed by atoms with Gasteiger partial charge in [-0.25, -0.2) is 4.79 Å². The lowest BCUT2D eigenvalue weighted by molar-refractivity contribution is -0.151. The molecule has 1 fully saturated rings. The number of hydrogen-bond donors (Lipinski definition) is 0. The van der Waals surface area contributed by atoms with Crippen LogP contribution in [0, 0.1) is 5.92 Å². The fourth-order valence-corrected chi connectivity index (χ4v) is 3.84. The summed E-state index contributed by atoms with van der Waals surface area (Å²) in [6.07, 6.45) is 2.03. The van der Waals surface area contributed by atoms with Gasteiger partial charge in [0.15, 0.2) is 0 Å². The molecule has 0 N–H and O–H groups in total. The van der Waals surface area contributed by atoms with Crippen LogP contribution in [-0.4, -0.2) is 45.6 Å². The second kappa shape index (κ2) is 9.07. The Hall–Kier alpha value is -2.90. The van der Waals surface area contributed by atoms with Crippen molar-refractivity contribution in [3.05, 3.63) is 45.1 Å². The Bertz CT molecular complexity index is 1020. The molecule has 3 rings (SSSR count). The number of amides is 1. The first-order valence-electron chi connectivity index (χ1n) is 10.1. The van der Waals surface area contributed by atoms with Crippen LogP contribution in [0.15, 0.2) is 33.9 Å². The zero-order valence-corrected chi connectivity index (χ0v) is 16.9. The first-order valence-corrected chi connectivity index (χ1v) is 10.1. The summed E-state index contributed by atoms with van der Waals surface area (Å²) in [5.41, 5.74) is -0.374. The third-order valence-corrected chi connectivity index (χ3v) is 5.27. The molecule has 1 saturated heterocycles. The van der Waals surface area contributed by atoms with Gasteiger partial charge in [-0.05, 0) is 38.3 Å². The lowest BCUT2D eigenvalue weighted by Crippen LogP contribution is -2.47. The number of fused-ring (bicyclic) bond motifs is 1. The lowest BCUT2D eigenvalue weighted by Gasteiger charge is -2.31. The Kier molecular flexibility index (Phi) is 6.51. The zero-order valence-electron chi connectivity index (χ0n) is 16.9. The fourth-order valence-electron chi connectivity index (χ4n) is 3.84. The minimum absolute atomic E-state index is 0.168. The van der Waals surface area contributed by atoms with Crippen LogP contribution in [-0.2, 0) is 27.4 Å². The standard InChI is InChI=1S/C21H27N3O5/c1-3-11-23-19(26)16-9-5-6-10-17(16)24(21(23)28)14-18(25)22-12-7-8-15(13-22)20(27)29-4-2/h5-6,9-10,15H,3-4,7-8,11-14H2,1-2H3/t15-/m1/s1. The van der Waals surface area contributed by atoms with Gasteiger partial charge in [-0.2, -0.15) is 0 Å². The molecule has 0 saturated carbocycles. The summed E-state index contributed by atoms with van der Waals surface area (Å²) in [5, 5.41) is 0.413. The van der Waals surface area contributed by atoms with Gasteiger partial charge < -0.3 is 9.64 Å². The van der Waals surface area contributed by atoms with E-state index in [9.17, 15) is 19.2 Å². The molecule has 2 aromatic rings. The van der Waals surface area contributed by atoms with Crippen LogP contribution in [0.25, 0.3) is 10.9 Å². The van der Waals surface area contributed by atoms with Crippen molar-refractivity contribution in [3.63, 3.8) is 0 Å². The van der Waals surface area contributed by atoms with Crippen molar-refractivity contribution in [1.29, 1.82) is 0 Å². The predicted octanol–water partition coefficient (Wildman–Crippen LogP) is 1.37. The van der Waals surface area contributed by atoms with E-state index in [1.165, 1.54) is 9.13 Å². The maximum Gasteiger partial charge on any atom is 0.331 e. The number of nitrogens with zero attached hydrogens (tertiary/aromatic N) is 3. The van der Waals surface area contributed by atoms with Crippen molar-refractivity contribution >= 4 is 22.8 Å². The van der Waals surface area contributed by atoms with E-state index in [4.69, 9.17) is 4.74 Å². The van der Waals surface area contributed by atoms with Crippen LogP contribution < -0.4 is 11.2 Å².